The van der Waals surface area contributed by atoms with Gasteiger partial charge in [-0.05, 0) is 25.3 Å². The van der Waals surface area contributed by atoms with Gasteiger partial charge in [0.1, 0.15) is 0 Å². The molecule has 2 aliphatic heterocycles. The van der Waals surface area contributed by atoms with Crippen molar-refractivity contribution in [3.8, 4) is 0 Å². The Labute approximate surface area is 76.1 Å². The molecule has 0 aromatic carbocycles. The van der Waals surface area contributed by atoms with Crippen LogP contribution in [-0.4, -0.2) is 40.4 Å². The Kier molecular flexibility index (Phi) is 2.48. The summed E-state index contributed by atoms with van der Waals surface area (Å²) in [5, 5.41) is 3.49. The second-order valence-corrected chi connectivity index (χ2v) is 5.07. The number of hydrogen-bond acceptors (Lipinski definition) is 2. The van der Waals surface area contributed by atoms with Crippen molar-refractivity contribution in [1.82, 2.24) is 9.62 Å². The van der Waals surface area contributed by atoms with Crippen LogP contribution < -0.4 is 5.32 Å². The van der Waals surface area contributed by atoms with E-state index in [-0.39, 0.29) is 0 Å². The van der Waals surface area contributed by atoms with Crippen molar-refractivity contribution in [2.45, 2.75) is 18.9 Å². The molecular weight excluding hydrogens is 172 g/mol. The molecule has 2 fully saturated rings. The lowest BCUT2D eigenvalue weighted by Crippen LogP contribution is -2.44. The average Bonchev–Trinajstić information content (AvgIpc) is 2.49. The van der Waals surface area contributed by atoms with E-state index in [1.807, 2.05) is 0 Å². The fourth-order valence-electron chi connectivity index (χ4n) is 2.25. The molecule has 0 aromatic rings. The molecule has 1 N–H and O–H groups in total. The van der Waals surface area contributed by atoms with Gasteiger partial charge in [-0.25, -0.2) is 8.51 Å². The summed E-state index contributed by atoms with van der Waals surface area (Å²) in [6, 6.07) is 0.713. The van der Waals surface area contributed by atoms with Crippen LogP contribution in [0.2, 0.25) is 0 Å². The van der Waals surface area contributed by atoms with Crippen LogP contribution in [0.15, 0.2) is 0 Å². The fraction of sp³-hybridized carbons (Fsp3) is 1.00. The number of nitrogens with zero attached hydrogens (tertiary/aromatic N) is 1. The Bertz CT molecular complexity index is 197. The molecule has 0 amide bonds. The van der Waals surface area contributed by atoms with Gasteiger partial charge < -0.3 is 5.32 Å². The molecule has 3 nitrogen and oxygen atoms in total. The molecule has 2 heterocycles. The van der Waals surface area contributed by atoms with Gasteiger partial charge >= 0.3 is 0 Å². The second-order valence-electron chi connectivity index (χ2n) is 3.71. The van der Waals surface area contributed by atoms with Crippen LogP contribution in [0.4, 0.5) is 0 Å². The van der Waals surface area contributed by atoms with Crippen molar-refractivity contribution in [3.63, 3.8) is 0 Å². The lowest BCUT2D eigenvalue weighted by Gasteiger charge is -2.32. The Morgan fingerprint density at radius 1 is 1.50 bits per heavy atom. The minimum Gasteiger partial charge on any atom is -0.314 e. The summed E-state index contributed by atoms with van der Waals surface area (Å²) in [5.41, 5.74) is 0. The van der Waals surface area contributed by atoms with Crippen LogP contribution in [-0.2, 0) is 11.0 Å². The van der Waals surface area contributed by atoms with Crippen molar-refractivity contribution < 1.29 is 4.21 Å². The predicted octanol–water partition coefficient (Wildman–Crippen LogP) is -0.0363. The second kappa shape index (κ2) is 3.44. The van der Waals surface area contributed by atoms with Crippen LogP contribution in [0.5, 0.6) is 0 Å². The summed E-state index contributed by atoms with van der Waals surface area (Å²) in [6.07, 6.45) is 4.21. The van der Waals surface area contributed by atoms with E-state index in [1.165, 1.54) is 12.8 Å². The highest BCUT2D eigenvalue weighted by atomic mass is 32.2. The average molecular weight is 188 g/mol. The van der Waals surface area contributed by atoms with Gasteiger partial charge in [0.2, 0.25) is 0 Å². The van der Waals surface area contributed by atoms with Crippen LogP contribution in [0.3, 0.4) is 0 Å². The Hall–Kier alpha value is 0.0700. The normalized spacial score (nSPS) is 39.4. The number of piperidine rings is 1. The summed E-state index contributed by atoms with van der Waals surface area (Å²) >= 11 is 0. The summed E-state index contributed by atoms with van der Waals surface area (Å²) in [6.45, 7) is 3.18. The van der Waals surface area contributed by atoms with Crippen molar-refractivity contribution in [2.24, 2.45) is 5.92 Å². The van der Waals surface area contributed by atoms with E-state index in [9.17, 15) is 4.21 Å². The van der Waals surface area contributed by atoms with Crippen molar-refractivity contribution >= 4 is 11.0 Å². The maximum atomic E-state index is 11.2. The molecule has 0 aliphatic carbocycles. The molecule has 12 heavy (non-hydrogen) atoms. The zero-order valence-corrected chi connectivity index (χ0v) is 8.27. The monoisotopic (exact) mass is 188 g/mol. The predicted molar refractivity (Wildman–Crippen MR) is 50.2 cm³/mol. The lowest BCUT2D eigenvalue weighted by atomic mass is 9.95. The first kappa shape index (κ1) is 8.66. The van der Waals surface area contributed by atoms with Crippen LogP contribution in [0.25, 0.3) is 0 Å². The van der Waals surface area contributed by atoms with Crippen LogP contribution in [0, 0.1) is 5.92 Å². The summed E-state index contributed by atoms with van der Waals surface area (Å²) in [4.78, 5) is 0. The molecule has 0 spiro atoms. The molecule has 0 bridgehead atoms. The highest BCUT2D eigenvalue weighted by Gasteiger charge is 2.33. The molecule has 2 saturated heterocycles. The fourth-order valence-corrected chi connectivity index (χ4v) is 3.01. The van der Waals surface area contributed by atoms with E-state index >= 15 is 0 Å². The third-order valence-electron chi connectivity index (χ3n) is 2.98. The van der Waals surface area contributed by atoms with Gasteiger partial charge in [-0.15, -0.1) is 0 Å². The molecule has 4 heteroatoms. The maximum Gasteiger partial charge on any atom is 0.0910 e. The summed E-state index contributed by atoms with van der Waals surface area (Å²) in [5.74, 6) is 0.752. The van der Waals surface area contributed by atoms with Gasteiger partial charge in [-0.1, -0.05) is 0 Å². The molecule has 2 aliphatic rings. The summed E-state index contributed by atoms with van der Waals surface area (Å²) < 4.78 is 13.3. The van der Waals surface area contributed by atoms with Gasteiger partial charge in [0.25, 0.3) is 0 Å². The van der Waals surface area contributed by atoms with E-state index in [1.54, 1.807) is 6.26 Å². The van der Waals surface area contributed by atoms with Gasteiger partial charge in [0.15, 0.2) is 0 Å². The minimum atomic E-state index is -0.756. The standard InChI is InChI=1S/C8H16N2OS/c1-12(11)10-5-3-8-7(6-10)2-4-9-8/h7-9H,2-6H2,1H3. The molecule has 3 atom stereocenters. The molecule has 2 rings (SSSR count). The van der Waals surface area contributed by atoms with E-state index in [0.717, 1.165) is 25.6 Å². The van der Waals surface area contributed by atoms with Crippen LogP contribution in [0.1, 0.15) is 12.8 Å². The number of fused-ring (bicyclic) bond motifs is 1. The minimum absolute atomic E-state index is 0.713. The Balaban J connectivity index is 1.96. The van der Waals surface area contributed by atoms with E-state index in [2.05, 4.69) is 9.62 Å². The first-order valence-electron chi connectivity index (χ1n) is 4.59. The maximum absolute atomic E-state index is 11.2. The molecule has 3 unspecified atom stereocenters. The Morgan fingerprint density at radius 2 is 2.33 bits per heavy atom. The molecule has 70 valence electrons. The first-order valence-corrected chi connectivity index (χ1v) is 6.11. The van der Waals surface area contributed by atoms with Gasteiger partial charge in [-0.3, -0.25) is 0 Å². The number of rotatable bonds is 1. The lowest BCUT2D eigenvalue weighted by molar-refractivity contribution is 0.256. The topological polar surface area (TPSA) is 32.3 Å². The molecule has 0 aromatic heterocycles. The largest absolute Gasteiger partial charge is 0.314 e. The van der Waals surface area contributed by atoms with E-state index in [4.69, 9.17) is 0 Å². The Morgan fingerprint density at radius 3 is 3.08 bits per heavy atom. The van der Waals surface area contributed by atoms with Crippen LogP contribution >= 0.6 is 0 Å². The van der Waals surface area contributed by atoms with E-state index in [0.29, 0.717) is 6.04 Å². The number of hydrogen-bond donors (Lipinski definition) is 1. The van der Waals surface area contributed by atoms with Gasteiger partial charge in [0, 0.05) is 25.4 Å². The third kappa shape index (κ3) is 1.56. The van der Waals surface area contributed by atoms with E-state index < -0.39 is 11.0 Å². The SMILES string of the molecule is CS(=O)N1CCC2NCCC2C1. The zero-order chi connectivity index (χ0) is 8.55. The van der Waals surface area contributed by atoms with Crippen molar-refractivity contribution in [3.05, 3.63) is 0 Å². The highest BCUT2D eigenvalue weighted by Crippen LogP contribution is 2.24. The van der Waals surface area contributed by atoms with Gasteiger partial charge in [-0.2, -0.15) is 0 Å². The quantitative estimate of drug-likeness (QED) is 0.626. The number of nitrogens with one attached hydrogen (secondary N) is 1. The third-order valence-corrected chi connectivity index (χ3v) is 4.04. The first-order chi connectivity index (χ1) is 5.77. The van der Waals surface area contributed by atoms with Crippen molar-refractivity contribution in [1.29, 1.82) is 0 Å². The summed E-state index contributed by atoms with van der Waals surface area (Å²) in [7, 11) is -0.756. The zero-order valence-electron chi connectivity index (χ0n) is 7.45. The van der Waals surface area contributed by atoms with Crippen molar-refractivity contribution in [2.75, 3.05) is 25.9 Å². The molecule has 0 radical (unpaired) electrons. The molecule has 0 saturated carbocycles. The van der Waals surface area contributed by atoms with Gasteiger partial charge in [0.05, 0.1) is 11.0 Å². The smallest absolute Gasteiger partial charge is 0.0910 e. The highest BCUT2D eigenvalue weighted by molar-refractivity contribution is 7.81. The molecular formula is C8H16N2OS.